The van der Waals surface area contributed by atoms with Crippen LogP contribution in [-0.2, 0) is 9.53 Å². The Bertz CT molecular complexity index is 331. The summed E-state index contributed by atoms with van der Waals surface area (Å²) in [4.78, 5) is 11.2. The molecule has 136 valence electrons. The zero-order valence-corrected chi connectivity index (χ0v) is 16.5. The van der Waals surface area contributed by atoms with Crippen molar-refractivity contribution in [1.82, 2.24) is 0 Å². The van der Waals surface area contributed by atoms with Gasteiger partial charge in [0.05, 0.1) is 13.5 Å². The lowest BCUT2D eigenvalue weighted by Gasteiger charge is -2.14. The van der Waals surface area contributed by atoms with Crippen molar-refractivity contribution in [3.63, 3.8) is 0 Å². The predicted molar refractivity (Wildman–Crippen MR) is 100 cm³/mol. The van der Waals surface area contributed by atoms with Crippen LogP contribution in [0.4, 0.5) is 0 Å². The number of hydrogen-bond donors (Lipinski definition) is 0. The van der Waals surface area contributed by atoms with Gasteiger partial charge in [0.2, 0.25) is 0 Å². The molecule has 2 atom stereocenters. The molecule has 0 aromatic carbocycles. The molecule has 0 aromatic rings. The summed E-state index contributed by atoms with van der Waals surface area (Å²) < 4.78 is 4.68. The Hall–Kier alpha value is -0.790. The van der Waals surface area contributed by atoms with Crippen LogP contribution in [0.2, 0.25) is 0 Å². The van der Waals surface area contributed by atoms with Crippen LogP contribution >= 0.6 is 0 Å². The van der Waals surface area contributed by atoms with Crippen molar-refractivity contribution in [3.05, 3.63) is 11.6 Å². The van der Waals surface area contributed by atoms with Crippen LogP contribution in [0, 0.1) is 17.8 Å². The average Bonchev–Trinajstić information content (AvgIpc) is 2.46. The quantitative estimate of drug-likeness (QED) is 0.284. The van der Waals surface area contributed by atoms with Crippen molar-refractivity contribution in [3.8, 4) is 0 Å². The molecule has 0 heterocycles. The van der Waals surface area contributed by atoms with Gasteiger partial charge in [0.15, 0.2) is 0 Å². The number of ether oxygens (including phenoxy) is 1. The van der Waals surface area contributed by atoms with Gasteiger partial charge in [0, 0.05) is 0 Å². The molecule has 0 rings (SSSR count). The molecule has 0 aromatic heterocycles. The molecule has 0 aliphatic heterocycles. The minimum atomic E-state index is -0.141. The molecule has 0 N–H and O–H groups in total. The Balaban J connectivity index is 3.68. The SMILES string of the molecule is COC(=O)C/C(C)=C\CC[C@H](C)CCC[C@H](C)CCCC(C)C. The molecule has 0 saturated carbocycles. The third kappa shape index (κ3) is 14.5. The van der Waals surface area contributed by atoms with E-state index in [-0.39, 0.29) is 5.97 Å². The van der Waals surface area contributed by atoms with E-state index in [1.54, 1.807) is 0 Å². The zero-order chi connectivity index (χ0) is 17.7. The predicted octanol–water partition coefficient (Wildman–Crippen LogP) is 6.54. The third-order valence-corrected chi connectivity index (χ3v) is 4.68. The maximum atomic E-state index is 11.2. The zero-order valence-electron chi connectivity index (χ0n) is 16.5. The minimum absolute atomic E-state index is 0.141. The van der Waals surface area contributed by atoms with Crippen LogP contribution in [0.25, 0.3) is 0 Å². The molecular weight excluding hydrogens is 284 g/mol. The second-order valence-electron chi connectivity index (χ2n) is 7.85. The summed E-state index contributed by atoms with van der Waals surface area (Å²) in [6.07, 6.45) is 13.1. The van der Waals surface area contributed by atoms with Gasteiger partial charge in [0.1, 0.15) is 0 Å². The van der Waals surface area contributed by atoms with E-state index in [0.29, 0.717) is 6.42 Å². The van der Waals surface area contributed by atoms with E-state index in [2.05, 4.69) is 38.5 Å². The largest absolute Gasteiger partial charge is 0.469 e. The number of esters is 1. The number of hydrogen-bond acceptors (Lipinski definition) is 2. The highest BCUT2D eigenvalue weighted by Crippen LogP contribution is 2.21. The van der Waals surface area contributed by atoms with E-state index < -0.39 is 0 Å². The fourth-order valence-electron chi connectivity index (χ4n) is 2.96. The second kappa shape index (κ2) is 13.6. The maximum absolute atomic E-state index is 11.2. The number of methoxy groups -OCH3 is 1. The van der Waals surface area contributed by atoms with Crippen molar-refractivity contribution in [2.45, 2.75) is 92.4 Å². The van der Waals surface area contributed by atoms with Crippen LogP contribution in [0.1, 0.15) is 92.4 Å². The number of rotatable bonds is 13. The van der Waals surface area contributed by atoms with Gasteiger partial charge in [-0.1, -0.05) is 77.9 Å². The third-order valence-electron chi connectivity index (χ3n) is 4.68. The topological polar surface area (TPSA) is 26.3 Å². The number of allylic oxidation sites excluding steroid dienone is 1. The Morgan fingerprint density at radius 1 is 0.913 bits per heavy atom. The van der Waals surface area contributed by atoms with E-state index in [1.165, 1.54) is 52.1 Å². The van der Waals surface area contributed by atoms with Crippen LogP contribution in [0.3, 0.4) is 0 Å². The van der Waals surface area contributed by atoms with E-state index in [1.807, 2.05) is 6.92 Å². The van der Waals surface area contributed by atoms with Gasteiger partial charge in [-0.05, 0) is 37.5 Å². The molecule has 0 spiro atoms. The first-order valence-corrected chi connectivity index (χ1v) is 9.57. The molecular formula is C21H40O2. The first-order valence-electron chi connectivity index (χ1n) is 9.57. The lowest BCUT2D eigenvalue weighted by molar-refractivity contribution is -0.139. The van der Waals surface area contributed by atoms with Crippen LogP contribution in [0.15, 0.2) is 11.6 Å². The fourth-order valence-corrected chi connectivity index (χ4v) is 2.96. The van der Waals surface area contributed by atoms with Gasteiger partial charge >= 0.3 is 5.97 Å². The van der Waals surface area contributed by atoms with Crippen molar-refractivity contribution >= 4 is 5.97 Å². The van der Waals surface area contributed by atoms with E-state index >= 15 is 0 Å². The van der Waals surface area contributed by atoms with E-state index in [4.69, 9.17) is 0 Å². The van der Waals surface area contributed by atoms with Crippen molar-refractivity contribution in [2.24, 2.45) is 17.8 Å². The summed E-state index contributed by atoms with van der Waals surface area (Å²) in [5.41, 5.74) is 1.13. The highest BCUT2D eigenvalue weighted by Gasteiger charge is 2.06. The smallest absolute Gasteiger partial charge is 0.309 e. The summed E-state index contributed by atoms with van der Waals surface area (Å²) in [6, 6.07) is 0. The van der Waals surface area contributed by atoms with Gasteiger partial charge < -0.3 is 4.74 Å². The summed E-state index contributed by atoms with van der Waals surface area (Å²) in [6.45, 7) is 11.4. The lowest BCUT2D eigenvalue weighted by atomic mass is 9.92. The van der Waals surface area contributed by atoms with Gasteiger partial charge in [-0.2, -0.15) is 0 Å². The molecule has 0 amide bonds. The maximum Gasteiger partial charge on any atom is 0.309 e. The van der Waals surface area contributed by atoms with Gasteiger partial charge in [-0.3, -0.25) is 4.79 Å². The van der Waals surface area contributed by atoms with Crippen LogP contribution in [-0.4, -0.2) is 13.1 Å². The Kier molecular flexibility index (Phi) is 13.2. The molecule has 0 bridgehead atoms. The summed E-state index contributed by atoms with van der Waals surface area (Å²) >= 11 is 0. The molecule has 0 saturated heterocycles. The average molecular weight is 325 g/mol. The van der Waals surface area contributed by atoms with Crippen molar-refractivity contribution in [2.75, 3.05) is 7.11 Å². The van der Waals surface area contributed by atoms with Crippen molar-refractivity contribution < 1.29 is 9.53 Å². The standard InChI is InChI=1S/C21H40O2/c1-17(2)10-7-11-18(3)12-8-13-19(4)14-9-15-20(5)16-21(22)23-6/h15,17-19H,7-14,16H2,1-6H3/b20-15-/t18-,19-/m1/s1. The first kappa shape index (κ1) is 22.2. The molecule has 2 heteroatoms. The van der Waals surface area contributed by atoms with Crippen LogP contribution < -0.4 is 0 Å². The molecule has 0 aliphatic carbocycles. The van der Waals surface area contributed by atoms with E-state index in [0.717, 1.165) is 29.7 Å². The number of carbonyl (C=O) groups is 1. The minimum Gasteiger partial charge on any atom is -0.469 e. The lowest BCUT2D eigenvalue weighted by Crippen LogP contribution is -2.01. The molecule has 23 heavy (non-hydrogen) atoms. The molecule has 0 fully saturated rings. The summed E-state index contributed by atoms with van der Waals surface area (Å²) in [7, 11) is 1.45. The van der Waals surface area contributed by atoms with E-state index in [9.17, 15) is 4.79 Å². The first-order chi connectivity index (χ1) is 10.8. The highest BCUT2D eigenvalue weighted by molar-refractivity contribution is 5.71. The number of carbonyl (C=O) groups excluding carboxylic acids is 1. The summed E-state index contributed by atoms with van der Waals surface area (Å²) in [5, 5.41) is 0. The molecule has 0 aliphatic rings. The molecule has 0 radical (unpaired) electrons. The fraction of sp³-hybridized carbons (Fsp3) is 0.857. The van der Waals surface area contributed by atoms with Gasteiger partial charge in [-0.15, -0.1) is 0 Å². The Morgan fingerprint density at radius 2 is 1.43 bits per heavy atom. The Morgan fingerprint density at radius 3 is 1.96 bits per heavy atom. The molecule has 2 nitrogen and oxygen atoms in total. The Labute approximate surface area is 145 Å². The van der Waals surface area contributed by atoms with Crippen molar-refractivity contribution in [1.29, 1.82) is 0 Å². The summed E-state index contributed by atoms with van der Waals surface area (Å²) in [5.74, 6) is 2.36. The van der Waals surface area contributed by atoms with Gasteiger partial charge in [0.25, 0.3) is 0 Å². The second-order valence-corrected chi connectivity index (χ2v) is 7.85. The molecule has 0 unspecified atom stereocenters. The highest BCUT2D eigenvalue weighted by atomic mass is 16.5. The monoisotopic (exact) mass is 324 g/mol. The normalized spacial score (nSPS) is 14.8. The van der Waals surface area contributed by atoms with Gasteiger partial charge in [-0.25, -0.2) is 0 Å². The van der Waals surface area contributed by atoms with Crippen LogP contribution in [0.5, 0.6) is 0 Å².